The van der Waals surface area contributed by atoms with E-state index >= 15 is 0 Å². The quantitative estimate of drug-likeness (QED) is 0.353. The van der Waals surface area contributed by atoms with E-state index in [1.165, 1.54) is 23.3 Å². The first-order chi connectivity index (χ1) is 18.1. The van der Waals surface area contributed by atoms with Crippen LogP contribution in [0.2, 0.25) is 0 Å². The Morgan fingerprint density at radius 2 is 1.95 bits per heavy atom. The second kappa shape index (κ2) is 11.0. The van der Waals surface area contributed by atoms with Crippen molar-refractivity contribution in [2.24, 2.45) is 0 Å². The number of amides is 2. The molecule has 2 amide bonds. The van der Waals surface area contributed by atoms with Gasteiger partial charge in [-0.2, -0.15) is 11.3 Å². The number of carbonyl (C=O) groups excluding carboxylic acids is 2. The van der Waals surface area contributed by atoms with E-state index in [1.807, 2.05) is 41.1 Å². The molecule has 0 saturated heterocycles. The predicted octanol–water partition coefficient (Wildman–Crippen LogP) is 4.34. The highest BCUT2D eigenvalue weighted by molar-refractivity contribution is 7.08. The van der Waals surface area contributed by atoms with E-state index in [0.29, 0.717) is 22.7 Å². The molecule has 192 valence electrons. The van der Waals surface area contributed by atoms with Crippen molar-refractivity contribution in [2.45, 2.75) is 44.3 Å². The van der Waals surface area contributed by atoms with Crippen molar-refractivity contribution >= 4 is 39.9 Å². The molecule has 10 heteroatoms. The zero-order valence-corrected chi connectivity index (χ0v) is 21.6. The molecule has 1 N–H and O–H groups in total. The van der Waals surface area contributed by atoms with Gasteiger partial charge in [-0.05, 0) is 59.5 Å². The molecule has 0 bridgehead atoms. The molecule has 37 heavy (non-hydrogen) atoms. The van der Waals surface area contributed by atoms with Crippen molar-refractivity contribution in [3.63, 3.8) is 0 Å². The van der Waals surface area contributed by atoms with Gasteiger partial charge in [0.1, 0.15) is 29.6 Å². The third-order valence-corrected chi connectivity index (χ3v) is 7.39. The van der Waals surface area contributed by atoms with E-state index in [4.69, 9.17) is 9.47 Å². The predicted molar refractivity (Wildman–Crippen MR) is 142 cm³/mol. The normalized spacial score (nSPS) is 14.4. The summed E-state index contributed by atoms with van der Waals surface area (Å²) in [6.45, 7) is -0.104. The van der Waals surface area contributed by atoms with E-state index in [9.17, 15) is 9.59 Å². The van der Waals surface area contributed by atoms with Gasteiger partial charge in [0.2, 0.25) is 11.8 Å². The van der Waals surface area contributed by atoms with E-state index in [2.05, 4.69) is 15.6 Å². The van der Waals surface area contributed by atoms with Crippen molar-refractivity contribution in [1.29, 1.82) is 0 Å². The maximum Gasteiger partial charge on any atom is 0.249 e. The second-order valence-corrected chi connectivity index (χ2v) is 9.77. The summed E-state index contributed by atoms with van der Waals surface area (Å²) < 4.78 is 12.6. The van der Waals surface area contributed by atoms with Gasteiger partial charge in [0.05, 0.1) is 25.4 Å². The van der Waals surface area contributed by atoms with E-state index in [0.717, 1.165) is 36.8 Å². The summed E-state index contributed by atoms with van der Waals surface area (Å²) in [4.78, 5) is 29.5. The van der Waals surface area contributed by atoms with Crippen LogP contribution in [0.25, 0.3) is 11.0 Å². The molecular formula is C27H29N5O4S. The molecule has 1 unspecified atom stereocenters. The van der Waals surface area contributed by atoms with Gasteiger partial charge in [-0.15, -0.1) is 5.10 Å². The van der Waals surface area contributed by atoms with Crippen molar-refractivity contribution in [3.05, 3.63) is 64.9 Å². The summed E-state index contributed by atoms with van der Waals surface area (Å²) in [6.07, 6.45) is 4.05. The van der Waals surface area contributed by atoms with Gasteiger partial charge in [-0.25, -0.2) is 4.68 Å². The Morgan fingerprint density at radius 3 is 2.68 bits per heavy atom. The summed E-state index contributed by atoms with van der Waals surface area (Å²) in [5.41, 5.74) is 2.63. The molecule has 1 atom stereocenters. The number of rotatable bonds is 9. The molecule has 0 radical (unpaired) electrons. The highest BCUT2D eigenvalue weighted by Crippen LogP contribution is 2.38. The van der Waals surface area contributed by atoms with Crippen LogP contribution < -0.4 is 19.7 Å². The number of methoxy groups -OCH3 is 2. The van der Waals surface area contributed by atoms with Gasteiger partial charge in [-0.3, -0.25) is 14.5 Å². The third kappa shape index (κ3) is 5.15. The van der Waals surface area contributed by atoms with Crippen molar-refractivity contribution in [3.8, 4) is 11.5 Å². The summed E-state index contributed by atoms with van der Waals surface area (Å²) in [7, 11) is 3.10. The minimum absolute atomic E-state index is 0.0996. The Bertz CT molecular complexity index is 1380. The number of fused-ring (bicyclic) bond motifs is 1. The van der Waals surface area contributed by atoms with Crippen LogP contribution in [0.15, 0.2) is 59.3 Å². The zero-order chi connectivity index (χ0) is 25.8. The molecule has 1 fully saturated rings. The largest absolute Gasteiger partial charge is 0.497 e. The Hall–Kier alpha value is -3.92. The molecule has 2 heterocycles. The number of thiophene rings is 1. The fourth-order valence-electron chi connectivity index (χ4n) is 4.84. The van der Waals surface area contributed by atoms with Crippen molar-refractivity contribution in [2.75, 3.05) is 19.1 Å². The molecule has 1 aliphatic rings. The van der Waals surface area contributed by atoms with Gasteiger partial charge in [0.15, 0.2) is 0 Å². The van der Waals surface area contributed by atoms with Crippen LogP contribution in [-0.2, 0) is 16.1 Å². The lowest BCUT2D eigenvalue weighted by molar-refractivity contribution is -0.127. The third-order valence-electron chi connectivity index (χ3n) is 6.69. The number of benzene rings is 2. The Morgan fingerprint density at radius 1 is 1.14 bits per heavy atom. The molecule has 0 aliphatic heterocycles. The van der Waals surface area contributed by atoms with Gasteiger partial charge < -0.3 is 14.8 Å². The monoisotopic (exact) mass is 519 g/mol. The average Bonchev–Trinajstić information content (AvgIpc) is 3.70. The molecule has 2 aromatic carbocycles. The zero-order valence-electron chi connectivity index (χ0n) is 20.8. The van der Waals surface area contributed by atoms with Crippen molar-refractivity contribution in [1.82, 2.24) is 20.3 Å². The van der Waals surface area contributed by atoms with Crippen LogP contribution in [0.4, 0.5) is 5.69 Å². The highest BCUT2D eigenvalue weighted by atomic mass is 32.1. The molecular weight excluding hydrogens is 490 g/mol. The van der Waals surface area contributed by atoms with Crippen LogP contribution in [0.3, 0.4) is 0 Å². The van der Waals surface area contributed by atoms with Crippen LogP contribution in [-0.4, -0.2) is 47.1 Å². The van der Waals surface area contributed by atoms with Crippen LogP contribution in [0.5, 0.6) is 11.5 Å². The molecule has 4 aromatic rings. The van der Waals surface area contributed by atoms with E-state index in [1.54, 1.807) is 30.0 Å². The first kappa shape index (κ1) is 24.8. The Labute approximate surface area is 219 Å². The SMILES string of the molecule is COc1ccc(N(C(=O)Cn2nnc3ccccc32)C(C(=O)NC2CCCC2)c2ccsc2)c(OC)c1. The summed E-state index contributed by atoms with van der Waals surface area (Å²) in [6, 6.07) is 13.8. The number of hydrogen-bond acceptors (Lipinski definition) is 7. The number of aromatic nitrogens is 3. The average molecular weight is 520 g/mol. The fraction of sp³-hybridized carbons (Fsp3) is 0.333. The first-order valence-electron chi connectivity index (χ1n) is 12.2. The minimum Gasteiger partial charge on any atom is -0.497 e. The number of nitrogens with one attached hydrogen (secondary N) is 1. The smallest absolute Gasteiger partial charge is 0.249 e. The maximum absolute atomic E-state index is 14.1. The van der Waals surface area contributed by atoms with Gasteiger partial charge in [0, 0.05) is 12.1 Å². The molecule has 1 aliphatic carbocycles. The van der Waals surface area contributed by atoms with Crippen LogP contribution in [0.1, 0.15) is 37.3 Å². The number of anilines is 1. The van der Waals surface area contributed by atoms with Crippen LogP contribution >= 0.6 is 11.3 Å². The summed E-state index contributed by atoms with van der Waals surface area (Å²) in [5, 5.41) is 15.4. The van der Waals surface area contributed by atoms with E-state index < -0.39 is 6.04 Å². The molecule has 9 nitrogen and oxygen atoms in total. The Balaban J connectivity index is 1.59. The number of para-hydroxylation sites is 1. The minimum atomic E-state index is -0.892. The summed E-state index contributed by atoms with van der Waals surface area (Å²) >= 11 is 1.48. The topological polar surface area (TPSA) is 98.6 Å². The van der Waals surface area contributed by atoms with Crippen LogP contribution in [0, 0.1) is 0 Å². The second-order valence-electron chi connectivity index (χ2n) is 8.99. The molecule has 5 rings (SSSR count). The van der Waals surface area contributed by atoms with Gasteiger partial charge >= 0.3 is 0 Å². The standard InChI is InChI=1S/C27H29N5O4S/c1-35-20-11-12-23(24(15-20)36-2)32(25(33)16-31-22-10-6-5-9-21(22)29-30-31)26(18-13-14-37-17-18)27(34)28-19-7-3-4-8-19/h5-6,9-15,17,19,26H,3-4,7-8,16H2,1-2H3,(H,28,34). The first-order valence-corrected chi connectivity index (χ1v) is 13.2. The van der Waals surface area contributed by atoms with Gasteiger partial charge in [0.25, 0.3) is 0 Å². The highest BCUT2D eigenvalue weighted by Gasteiger charge is 2.36. The lowest BCUT2D eigenvalue weighted by Gasteiger charge is -2.32. The van der Waals surface area contributed by atoms with E-state index in [-0.39, 0.29) is 24.4 Å². The lowest BCUT2D eigenvalue weighted by Crippen LogP contribution is -2.47. The lowest BCUT2D eigenvalue weighted by atomic mass is 10.0. The number of hydrogen-bond donors (Lipinski definition) is 1. The molecule has 2 aromatic heterocycles. The summed E-state index contributed by atoms with van der Waals surface area (Å²) in [5.74, 6) is 0.458. The number of nitrogens with zero attached hydrogens (tertiary/aromatic N) is 4. The van der Waals surface area contributed by atoms with Crippen molar-refractivity contribution < 1.29 is 19.1 Å². The van der Waals surface area contributed by atoms with Gasteiger partial charge in [-0.1, -0.05) is 30.2 Å². The maximum atomic E-state index is 14.1. The molecule has 1 saturated carbocycles. The number of carbonyl (C=O) groups is 2. The molecule has 0 spiro atoms. The fourth-order valence-corrected chi connectivity index (χ4v) is 5.52. The Kier molecular flexibility index (Phi) is 7.36. The number of ether oxygens (including phenoxy) is 2.